The second-order valence-electron chi connectivity index (χ2n) is 7.38. The second kappa shape index (κ2) is 9.55. The van der Waals surface area contributed by atoms with Gasteiger partial charge in [0.1, 0.15) is 0 Å². The maximum Gasteiger partial charge on any atom is 0.409 e. The largest absolute Gasteiger partial charge is 0.450 e. The number of nitrogens with zero attached hydrogens (tertiary/aromatic N) is 2. The van der Waals surface area contributed by atoms with Gasteiger partial charge in [0.05, 0.1) is 13.2 Å². The lowest BCUT2D eigenvalue weighted by atomic mass is 10.1. The van der Waals surface area contributed by atoms with Gasteiger partial charge in [0.25, 0.3) is 0 Å². The third-order valence-electron chi connectivity index (χ3n) is 5.07. The number of likely N-dealkylation sites (tertiary alicyclic amines) is 1. The van der Waals surface area contributed by atoms with Crippen molar-refractivity contribution in [3.63, 3.8) is 0 Å². The molecule has 0 bridgehead atoms. The zero-order chi connectivity index (χ0) is 19.9. The predicted molar refractivity (Wildman–Crippen MR) is 110 cm³/mol. The van der Waals surface area contributed by atoms with Crippen molar-refractivity contribution in [3.8, 4) is 0 Å². The Kier molecular flexibility index (Phi) is 6.87. The number of amides is 2. The van der Waals surface area contributed by atoms with Crippen LogP contribution in [0.1, 0.15) is 25.3 Å². The summed E-state index contributed by atoms with van der Waals surface area (Å²) in [4.78, 5) is 27.8. The van der Waals surface area contributed by atoms with Gasteiger partial charge in [-0.15, -0.1) is 0 Å². The van der Waals surface area contributed by atoms with Gasteiger partial charge < -0.3 is 15.0 Å². The number of fused-ring (bicyclic) bond motifs is 1. The highest BCUT2D eigenvalue weighted by molar-refractivity contribution is 5.83. The Morgan fingerprint density at radius 1 is 1.14 bits per heavy atom. The number of carbonyl (C=O) groups is 2. The molecule has 0 radical (unpaired) electrons. The average Bonchev–Trinajstić information content (AvgIpc) is 2.68. The Morgan fingerprint density at radius 3 is 2.57 bits per heavy atom. The van der Waals surface area contributed by atoms with Crippen molar-refractivity contribution in [2.75, 3.05) is 33.3 Å². The molecule has 1 fully saturated rings. The molecular formula is C22H29N3O3. The number of nitrogens with one attached hydrogen (secondary N) is 1. The van der Waals surface area contributed by atoms with Gasteiger partial charge in [-0.1, -0.05) is 36.4 Å². The summed E-state index contributed by atoms with van der Waals surface area (Å²) in [6.45, 7) is 4.51. The molecule has 1 N–H and O–H groups in total. The number of likely N-dealkylation sites (N-methyl/N-ethyl adjacent to an activating group) is 1. The topological polar surface area (TPSA) is 61.9 Å². The highest BCUT2D eigenvalue weighted by Crippen LogP contribution is 2.16. The Morgan fingerprint density at radius 2 is 1.86 bits per heavy atom. The van der Waals surface area contributed by atoms with E-state index in [-0.39, 0.29) is 18.0 Å². The third kappa shape index (κ3) is 5.45. The summed E-state index contributed by atoms with van der Waals surface area (Å²) in [7, 11) is 1.96. The smallest absolute Gasteiger partial charge is 0.409 e. The molecule has 3 rings (SSSR count). The molecule has 2 amide bonds. The normalized spacial score (nSPS) is 15.0. The monoisotopic (exact) mass is 383 g/mol. The SMILES string of the molecule is CCOC(=O)N1CCC(NC(=O)CN(C)Cc2ccc3ccccc3c2)CC1. The molecule has 0 unspecified atom stereocenters. The standard InChI is InChI=1S/C22H29N3O3/c1-3-28-22(27)25-12-10-20(11-13-25)23-21(26)16-24(2)15-17-8-9-18-6-4-5-7-19(18)14-17/h4-9,14,20H,3,10-13,15-16H2,1-2H3,(H,23,26). The average molecular weight is 383 g/mol. The van der Waals surface area contributed by atoms with Crippen molar-refractivity contribution in [2.45, 2.75) is 32.4 Å². The van der Waals surface area contributed by atoms with E-state index in [1.54, 1.807) is 11.8 Å². The van der Waals surface area contributed by atoms with E-state index in [1.165, 1.54) is 16.3 Å². The molecule has 150 valence electrons. The third-order valence-corrected chi connectivity index (χ3v) is 5.07. The van der Waals surface area contributed by atoms with Crippen LogP contribution in [0.15, 0.2) is 42.5 Å². The molecule has 1 aliphatic heterocycles. The number of hydrogen-bond acceptors (Lipinski definition) is 4. The highest BCUT2D eigenvalue weighted by atomic mass is 16.6. The van der Waals surface area contributed by atoms with E-state index in [2.05, 4.69) is 35.6 Å². The van der Waals surface area contributed by atoms with E-state index in [0.717, 1.165) is 19.4 Å². The molecule has 1 aliphatic rings. The first-order valence-corrected chi connectivity index (χ1v) is 9.92. The van der Waals surface area contributed by atoms with Gasteiger partial charge in [0.15, 0.2) is 0 Å². The van der Waals surface area contributed by atoms with Gasteiger partial charge >= 0.3 is 6.09 Å². The summed E-state index contributed by atoms with van der Waals surface area (Å²) >= 11 is 0. The fourth-order valence-corrected chi connectivity index (χ4v) is 3.64. The van der Waals surface area contributed by atoms with Gasteiger partial charge in [0.2, 0.25) is 5.91 Å². The minimum absolute atomic E-state index is 0.0258. The molecule has 0 aromatic heterocycles. The summed E-state index contributed by atoms with van der Waals surface area (Å²) in [5.74, 6) is 0.0258. The number of hydrogen-bond donors (Lipinski definition) is 1. The van der Waals surface area contributed by atoms with Gasteiger partial charge in [0, 0.05) is 25.7 Å². The van der Waals surface area contributed by atoms with Gasteiger partial charge in [-0.3, -0.25) is 9.69 Å². The maximum absolute atomic E-state index is 12.4. The zero-order valence-corrected chi connectivity index (χ0v) is 16.7. The fraction of sp³-hybridized carbons (Fsp3) is 0.455. The van der Waals surface area contributed by atoms with Crippen LogP contribution in [-0.4, -0.2) is 61.1 Å². The van der Waals surface area contributed by atoms with Crippen molar-refractivity contribution >= 4 is 22.8 Å². The van der Waals surface area contributed by atoms with E-state index in [9.17, 15) is 9.59 Å². The Labute approximate surface area is 166 Å². The Bertz CT molecular complexity index is 816. The summed E-state index contributed by atoms with van der Waals surface area (Å²) in [5, 5.41) is 5.53. The van der Waals surface area contributed by atoms with Crippen molar-refractivity contribution in [2.24, 2.45) is 0 Å². The predicted octanol–water partition coefficient (Wildman–Crippen LogP) is 3.01. The molecular weight excluding hydrogens is 354 g/mol. The van der Waals surface area contributed by atoms with Crippen molar-refractivity contribution in [1.82, 2.24) is 15.1 Å². The van der Waals surface area contributed by atoms with Crippen LogP contribution in [0.25, 0.3) is 10.8 Å². The molecule has 6 heteroatoms. The van der Waals surface area contributed by atoms with Crippen LogP contribution < -0.4 is 5.32 Å². The molecule has 0 spiro atoms. The van der Waals surface area contributed by atoms with Crippen LogP contribution in [0.4, 0.5) is 4.79 Å². The number of rotatable bonds is 6. The quantitative estimate of drug-likeness (QED) is 0.833. The first kappa shape index (κ1) is 20.1. The zero-order valence-electron chi connectivity index (χ0n) is 16.7. The lowest BCUT2D eigenvalue weighted by Crippen LogP contribution is -2.48. The van der Waals surface area contributed by atoms with Crippen LogP contribution in [0.3, 0.4) is 0 Å². The van der Waals surface area contributed by atoms with Crippen molar-refractivity contribution in [1.29, 1.82) is 0 Å². The number of piperidine rings is 1. The van der Waals surface area contributed by atoms with E-state index >= 15 is 0 Å². The van der Waals surface area contributed by atoms with E-state index in [0.29, 0.717) is 26.2 Å². The molecule has 0 aliphatic carbocycles. The van der Waals surface area contributed by atoms with Crippen molar-refractivity contribution < 1.29 is 14.3 Å². The Hall–Kier alpha value is -2.60. The fourth-order valence-electron chi connectivity index (χ4n) is 3.64. The molecule has 2 aromatic carbocycles. The first-order chi connectivity index (χ1) is 13.5. The van der Waals surface area contributed by atoms with Crippen LogP contribution in [-0.2, 0) is 16.1 Å². The van der Waals surface area contributed by atoms with E-state index in [1.807, 2.05) is 24.1 Å². The van der Waals surface area contributed by atoms with Crippen LogP contribution in [0.5, 0.6) is 0 Å². The number of benzene rings is 2. The van der Waals surface area contributed by atoms with Crippen LogP contribution >= 0.6 is 0 Å². The minimum Gasteiger partial charge on any atom is -0.450 e. The molecule has 2 aromatic rings. The lowest BCUT2D eigenvalue weighted by molar-refractivity contribution is -0.123. The Balaban J connectivity index is 1.43. The highest BCUT2D eigenvalue weighted by Gasteiger charge is 2.24. The lowest BCUT2D eigenvalue weighted by Gasteiger charge is -2.32. The van der Waals surface area contributed by atoms with E-state index in [4.69, 9.17) is 4.74 Å². The summed E-state index contributed by atoms with van der Waals surface area (Å²) in [6, 6.07) is 14.8. The second-order valence-corrected chi connectivity index (χ2v) is 7.38. The number of ether oxygens (including phenoxy) is 1. The first-order valence-electron chi connectivity index (χ1n) is 9.92. The maximum atomic E-state index is 12.4. The van der Waals surface area contributed by atoms with Gasteiger partial charge in [-0.25, -0.2) is 4.79 Å². The summed E-state index contributed by atoms with van der Waals surface area (Å²) < 4.78 is 5.03. The molecule has 28 heavy (non-hydrogen) atoms. The number of carbonyl (C=O) groups excluding carboxylic acids is 2. The minimum atomic E-state index is -0.262. The van der Waals surface area contributed by atoms with Crippen LogP contribution in [0, 0.1) is 0 Å². The molecule has 1 saturated heterocycles. The molecule has 0 atom stereocenters. The molecule has 0 saturated carbocycles. The molecule has 1 heterocycles. The van der Waals surface area contributed by atoms with Crippen molar-refractivity contribution in [3.05, 3.63) is 48.0 Å². The van der Waals surface area contributed by atoms with Gasteiger partial charge in [-0.2, -0.15) is 0 Å². The van der Waals surface area contributed by atoms with Crippen LogP contribution in [0.2, 0.25) is 0 Å². The molecule has 6 nitrogen and oxygen atoms in total. The summed E-state index contributed by atoms with van der Waals surface area (Å²) in [6.07, 6.45) is 1.26. The van der Waals surface area contributed by atoms with Gasteiger partial charge in [-0.05, 0) is 49.2 Å². The van der Waals surface area contributed by atoms with E-state index < -0.39 is 0 Å². The summed E-state index contributed by atoms with van der Waals surface area (Å²) in [5.41, 5.74) is 1.19.